The first kappa shape index (κ1) is 12.5. The Hall–Kier alpha value is -0.610. The molecule has 0 aromatic carbocycles. The number of aldehydes is 1. The molecule has 1 aromatic heterocycles. The lowest BCUT2D eigenvalue weighted by atomic mass is 10.2. The van der Waals surface area contributed by atoms with E-state index in [2.05, 4.69) is 23.8 Å². The number of hydrogen-bond acceptors (Lipinski definition) is 4. The van der Waals surface area contributed by atoms with Gasteiger partial charge in [0.2, 0.25) is 0 Å². The second-order valence-electron chi connectivity index (χ2n) is 3.33. The third-order valence-electron chi connectivity index (χ3n) is 2.12. The van der Waals surface area contributed by atoms with Crippen LogP contribution in [0.15, 0.2) is 11.4 Å². The highest BCUT2D eigenvalue weighted by molar-refractivity contribution is 7.99. The molecule has 0 radical (unpaired) electrons. The fourth-order valence-corrected chi connectivity index (χ4v) is 2.25. The molecule has 0 N–H and O–H groups in total. The second kappa shape index (κ2) is 6.08. The van der Waals surface area contributed by atoms with Crippen molar-refractivity contribution in [3.63, 3.8) is 0 Å². The van der Waals surface area contributed by atoms with Crippen LogP contribution in [0.4, 0.5) is 0 Å². The highest BCUT2D eigenvalue weighted by Crippen LogP contribution is 2.25. The molecule has 5 heteroatoms. The van der Waals surface area contributed by atoms with E-state index in [1.54, 1.807) is 11.8 Å². The third-order valence-corrected chi connectivity index (χ3v) is 3.75. The van der Waals surface area contributed by atoms with Crippen LogP contribution >= 0.6 is 23.4 Å². The van der Waals surface area contributed by atoms with Crippen LogP contribution < -0.4 is 0 Å². The first-order chi connectivity index (χ1) is 7.19. The molecule has 0 saturated heterocycles. The summed E-state index contributed by atoms with van der Waals surface area (Å²) in [6.45, 7) is 4.30. The number of thioether (sulfide) groups is 1. The average molecular weight is 245 g/mol. The predicted molar refractivity (Wildman–Crippen MR) is 62.6 cm³/mol. The number of halogens is 1. The van der Waals surface area contributed by atoms with Crippen molar-refractivity contribution < 1.29 is 4.79 Å². The summed E-state index contributed by atoms with van der Waals surface area (Å²) >= 11 is 7.33. The summed E-state index contributed by atoms with van der Waals surface area (Å²) in [4.78, 5) is 18.6. The van der Waals surface area contributed by atoms with Crippen LogP contribution in [0.5, 0.6) is 0 Å². The van der Waals surface area contributed by atoms with Gasteiger partial charge in [0.15, 0.2) is 6.29 Å². The topological polar surface area (TPSA) is 42.9 Å². The maximum atomic E-state index is 10.8. The van der Waals surface area contributed by atoms with E-state index in [1.165, 1.54) is 6.33 Å². The zero-order valence-electron chi connectivity index (χ0n) is 8.74. The molecule has 0 aliphatic heterocycles. The van der Waals surface area contributed by atoms with E-state index in [0.29, 0.717) is 22.8 Å². The molecule has 1 unspecified atom stereocenters. The van der Waals surface area contributed by atoms with Crippen molar-refractivity contribution in [3.8, 4) is 0 Å². The molecule has 0 saturated carbocycles. The van der Waals surface area contributed by atoms with Gasteiger partial charge in [-0.2, -0.15) is 0 Å². The van der Waals surface area contributed by atoms with Crippen molar-refractivity contribution in [3.05, 3.63) is 17.0 Å². The summed E-state index contributed by atoms with van der Waals surface area (Å²) in [5, 5.41) is 0.900. The minimum atomic E-state index is 0.228. The van der Waals surface area contributed by atoms with Crippen LogP contribution in [0, 0.1) is 5.92 Å². The zero-order valence-corrected chi connectivity index (χ0v) is 10.3. The van der Waals surface area contributed by atoms with Gasteiger partial charge < -0.3 is 0 Å². The molecule has 1 aromatic rings. The quantitative estimate of drug-likeness (QED) is 0.454. The summed E-state index contributed by atoms with van der Waals surface area (Å²) in [5.74, 6) is 1.54. The maximum Gasteiger partial charge on any atom is 0.155 e. The molecule has 0 aliphatic rings. The number of carbonyl (C=O) groups excluding carboxylic acids is 1. The Morgan fingerprint density at radius 2 is 2.33 bits per heavy atom. The molecule has 82 valence electrons. The summed E-state index contributed by atoms with van der Waals surface area (Å²) < 4.78 is 0. The SMILES string of the molecule is CCC(C)CSc1ncnc(Cl)c1C=O. The minimum Gasteiger partial charge on any atom is -0.298 e. The number of carbonyl (C=O) groups is 1. The fraction of sp³-hybridized carbons (Fsp3) is 0.500. The van der Waals surface area contributed by atoms with Crippen LogP contribution in [-0.4, -0.2) is 22.0 Å². The van der Waals surface area contributed by atoms with Gasteiger partial charge in [0.05, 0.1) is 5.56 Å². The van der Waals surface area contributed by atoms with Crippen LogP contribution in [0.2, 0.25) is 5.15 Å². The Morgan fingerprint density at radius 1 is 1.60 bits per heavy atom. The molecular weight excluding hydrogens is 232 g/mol. The Balaban J connectivity index is 2.76. The van der Waals surface area contributed by atoms with Gasteiger partial charge in [0.25, 0.3) is 0 Å². The van der Waals surface area contributed by atoms with Gasteiger partial charge >= 0.3 is 0 Å². The summed E-state index contributed by atoms with van der Waals surface area (Å²) in [6.07, 6.45) is 3.21. The van der Waals surface area contributed by atoms with Crippen molar-refractivity contribution >= 4 is 29.6 Å². The smallest absolute Gasteiger partial charge is 0.155 e. The third kappa shape index (κ3) is 3.47. The Morgan fingerprint density at radius 3 is 2.93 bits per heavy atom. The van der Waals surface area contributed by atoms with E-state index in [-0.39, 0.29) is 5.15 Å². The van der Waals surface area contributed by atoms with Crippen molar-refractivity contribution in [2.75, 3.05) is 5.75 Å². The monoisotopic (exact) mass is 244 g/mol. The standard InChI is InChI=1S/C10H13ClN2OS/c1-3-7(2)5-15-10-8(4-14)9(11)12-6-13-10/h4,6-7H,3,5H2,1-2H3. The number of aromatic nitrogens is 2. The van der Waals surface area contributed by atoms with Gasteiger partial charge in [-0.1, -0.05) is 31.9 Å². The van der Waals surface area contributed by atoms with Gasteiger partial charge in [-0.05, 0) is 5.92 Å². The second-order valence-corrected chi connectivity index (χ2v) is 4.69. The van der Waals surface area contributed by atoms with Gasteiger partial charge in [0, 0.05) is 5.75 Å². The van der Waals surface area contributed by atoms with E-state index in [4.69, 9.17) is 11.6 Å². The highest BCUT2D eigenvalue weighted by atomic mass is 35.5. The lowest BCUT2D eigenvalue weighted by Gasteiger charge is -2.08. The van der Waals surface area contributed by atoms with Crippen LogP contribution in [-0.2, 0) is 0 Å². The van der Waals surface area contributed by atoms with Crippen molar-refractivity contribution in [1.82, 2.24) is 9.97 Å². The number of rotatable bonds is 5. The van der Waals surface area contributed by atoms with E-state index < -0.39 is 0 Å². The molecule has 1 heterocycles. The van der Waals surface area contributed by atoms with Gasteiger partial charge in [-0.15, -0.1) is 11.8 Å². The average Bonchev–Trinajstić information content (AvgIpc) is 2.25. The first-order valence-corrected chi connectivity index (χ1v) is 6.13. The lowest BCUT2D eigenvalue weighted by molar-refractivity contribution is 0.112. The molecule has 0 fully saturated rings. The Bertz CT molecular complexity index is 346. The van der Waals surface area contributed by atoms with Gasteiger partial charge in [-0.3, -0.25) is 4.79 Å². The van der Waals surface area contributed by atoms with Crippen LogP contribution in [0.3, 0.4) is 0 Å². The Labute approximate surface area is 98.6 Å². The lowest BCUT2D eigenvalue weighted by Crippen LogP contribution is -1.99. The summed E-state index contributed by atoms with van der Waals surface area (Å²) in [5.41, 5.74) is 0.396. The maximum absolute atomic E-state index is 10.8. The normalized spacial score (nSPS) is 12.5. The highest BCUT2D eigenvalue weighted by Gasteiger charge is 2.10. The predicted octanol–water partition coefficient (Wildman–Crippen LogP) is 3.08. The van der Waals surface area contributed by atoms with Crippen molar-refractivity contribution in [1.29, 1.82) is 0 Å². The molecule has 0 bridgehead atoms. The van der Waals surface area contributed by atoms with Gasteiger partial charge in [-0.25, -0.2) is 9.97 Å². The van der Waals surface area contributed by atoms with E-state index in [0.717, 1.165) is 12.2 Å². The van der Waals surface area contributed by atoms with E-state index in [1.807, 2.05) is 0 Å². The molecule has 15 heavy (non-hydrogen) atoms. The molecule has 1 atom stereocenters. The largest absolute Gasteiger partial charge is 0.298 e. The van der Waals surface area contributed by atoms with Crippen molar-refractivity contribution in [2.45, 2.75) is 25.3 Å². The van der Waals surface area contributed by atoms with Crippen LogP contribution in [0.25, 0.3) is 0 Å². The molecule has 1 rings (SSSR count). The van der Waals surface area contributed by atoms with Crippen LogP contribution in [0.1, 0.15) is 30.6 Å². The zero-order chi connectivity index (χ0) is 11.3. The molecule has 3 nitrogen and oxygen atoms in total. The summed E-state index contributed by atoms with van der Waals surface area (Å²) in [7, 11) is 0. The molecule has 0 aliphatic carbocycles. The molecule has 0 spiro atoms. The minimum absolute atomic E-state index is 0.228. The Kier molecular flexibility index (Phi) is 5.05. The first-order valence-electron chi connectivity index (χ1n) is 4.77. The molecule has 0 amide bonds. The summed E-state index contributed by atoms with van der Waals surface area (Å²) in [6, 6.07) is 0. The number of hydrogen-bond donors (Lipinski definition) is 0. The van der Waals surface area contributed by atoms with Crippen molar-refractivity contribution in [2.24, 2.45) is 5.92 Å². The number of nitrogens with zero attached hydrogens (tertiary/aromatic N) is 2. The molecular formula is C10H13ClN2OS. The van der Waals surface area contributed by atoms with Gasteiger partial charge in [0.1, 0.15) is 16.5 Å². The van der Waals surface area contributed by atoms with E-state index >= 15 is 0 Å². The van der Waals surface area contributed by atoms with E-state index in [9.17, 15) is 4.79 Å². The fourth-order valence-electron chi connectivity index (χ4n) is 0.912.